The fourth-order valence-corrected chi connectivity index (χ4v) is 1.52. The van der Waals surface area contributed by atoms with Crippen molar-refractivity contribution in [3.8, 4) is 0 Å². The van der Waals surface area contributed by atoms with Crippen molar-refractivity contribution in [2.75, 3.05) is 10.9 Å². The second-order valence-corrected chi connectivity index (χ2v) is 4.03. The van der Waals surface area contributed by atoms with Gasteiger partial charge in [-0.25, -0.2) is 0 Å². The standard InChI is InChI=1S/C11H12N4OS/c1-7-2-4-8(5-3-7)14-15-9-6-10(16)13-11(17)12-9/h2-6,14H,1H3,(H3,12,13,15,16,17). The predicted octanol–water partition coefficient (Wildman–Crippen LogP) is 2.18. The zero-order chi connectivity index (χ0) is 12.3. The Morgan fingerprint density at radius 2 is 1.82 bits per heavy atom. The molecule has 0 amide bonds. The molecule has 0 spiro atoms. The van der Waals surface area contributed by atoms with Gasteiger partial charge in [0.25, 0.3) is 5.56 Å². The van der Waals surface area contributed by atoms with E-state index in [2.05, 4.69) is 20.8 Å². The van der Waals surface area contributed by atoms with E-state index in [1.807, 2.05) is 31.2 Å². The minimum atomic E-state index is -0.248. The summed E-state index contributed by atoms with van der Waals surface area (Å²) >= 11 is 4.86. The number of rotatable bonds is 3. The van der Waals surface area contributed by atoms with Crippen LogP contribution in [0.15, 0.2) is 35.1 Å². The number of anilines is 2. The Morgan fingerprint density at radius 1 is 1.12 bits per heavy atom. The molecule has 0 unspecified atom stereocenters. The van der Waals surface area contributed by atoms with Crippen LogP contribution in [0.2, 0.25) is 0 Å². The van der Waals surface area contributed by atoms with Crippen LogP contribution in [0.3, 0.4) is 0 Å². The van der Waals surface area contributed by atoms with E-state index in [1.54, 1.807) is 0 Å². The quantitative estimate of drug-likeness (QED) is 0.496. The average molecular weight is 248 g/mol. The van der Waals surface area contributed by atoms with Crippen LogP contribution < -0.4 is 16.4 Å². The van der Waals surface area contributed by atoms with Crippen LogP contribution in [0.4, 0.5) is 11.5 Å². The van der Waals surface area contributed by atoms with Gasteiger partial charge < -0.3 is 4.98 Å². The summed E-state index contributed by atoms with van der Waals surface area (Å²) in [6.07, 6.45) is 0. The van der Waals surface area contributed by atoms with Crippen LogP contribution in [-0.2, 0) is 0 Å². The number of H-pyrrole nitrogens is 2. The lowest BCUT2D eigenvalue weighted by Crippen LogP contribution is -2.14. The number of hydrazine groups is 1. The first-order valence-electron chi connectivity index (χ1n) is 5.06. The maximum atomic E-state index is 11.2. The third-order valence-corrected chi connectivity index (χ3v) is 2.36. The molecule has 17 heavy (non-hydrogen) atoms. The van der Waals surface area contributed by atoms with E-state index in [-0.39, 0.29) is 10.3 Å². The highest BCUT2D eigenvalue weighted by molar-refractivity contribution is 7.71. The smallest absolute Gasteiger partial charge is 0.253 e. The zero-order valence-electron chi connectivity index (χ0n) is 9.20. The highest BCUT2D eigenvalue weighted by Gasteiger charge is 1.94. The Kier molecular flexibility index (Phi) is 3.24. The molecule has 0 saturated carbocycles. The van der Waals surface area contributed by atoms with Crippen molar-refractivity contribution in [3.05, 3.63) is 51.0 Å². The third kappa shape index (κ3) is 3.18. The molecule has 4 N–H and O–H groups in total. The van der Waals surface area contributed by atoms with Crippen molar-refractivity contribution >= 4 is 23.7 Å². The number of nitrogens with one attached hydrogen (secondary N) is 4. The van der Waals surface area contributed by atoms with Gasteiger partial charge in [-0.2, -0.15) is 0 Å². The molecule has 0 atom stereocenters. The van der Waals surface area contributed by atoms with Crippen LogP contribution in [0.5, 0.6) is 0 Å². The van der Waals surface area contributed by atoms with Crippen molar-refractivity contribution in [2.45, 2.75) is 6.92 Å². The lowest BCUT2D eigenvalue weighted by atomic mass is 10.2. The van der Waals surface area contributed by atoms with Gasteiger partial charge in [-0.3, -0.25) is 20.6 Å². The molecule has 0 aliphatic carbocycles. The minimum absolute atomic E-state index is 0.248. The summed E-state index contributed by atoms with van der Waals surface area (Å²) in [7, 11) is 0. The molecule has 0 aliphatic heterocycles. The Balaban J connectivity index is 2.09. The maximum absolute atomic E-state index is 11.2. The van der Waals surface area contributed by atoms with E-state index >= 15 is 0 Å². The molecule has 1 aromatic heterocycles. The van der Waals surface area contributed by atoms with Gasteiger partial charge in [0, 0.05) is 6.07 Å². The average Bonchev–Trinajstić information content (AvgIpc) is 2.27. The molecule has 5 nitrogen and oxygen atoms in total. The first-order chi connectivity index (χ1) is 8.13. The molecule has 1 aromatic carbocycles. The van der Waals surface area contributed by atoms with E-state index in [4.69, 9.17) is 12.2 Å². The molecule has 0 radical (unpaired) electrons. The fraction of sp³-hybridized carbons (Fsp3) is 0.0909. The lowest BCUT2D eigenvalue weighted by Gasteiger charge is -2.09. The Labute approximate surface area is 103 Å². The number of benzene rings is 1. The number of hydrogen-bond acceptors (Lipinski definition) is 4. The number of aromatic amines is 2. The van der Waals surface area contributed by atoms with Crippen LogP contribution in [-0.4, -0.2) is 9.97 Å². The summed E-state index contributed by atoms with van der Waals surface area (Å²) in [4.78, 5) is 16.4. The Morgan fingerprint density at radius 3 is 2.47 bits per heavy atom. The highest BCUT2D eigenvalue weighted by atomic mass is 32.1. The molecular weight excluding hydrogens is 236 g/mol. The molecule has 1 heterocycles. The fourth-order valence-electron chi connectivity index (χ4n) is 1.31. The van der Waals surface area contributed by atoms with E-state index < -0.39 is 0 Å². The summed E-state index contributed by atoms with van der Waals surface area (Å²) < 4.78 is 0.283. The molecule has 0 bridgehead atoms. The topological polar surface area (TPSA) is 72.7 Å². The summed E-state index contributed by atoms with van der Waals surface area (Å²) in [6, 6.07) is 9.24. The van der Waals surface area contributed by atoms with Gasteiger partial charge in [-0.05, 0) is 31.3 Å². The summed E-state index contributed by atoms with van der Waals surface area (Å²) in [5, 5.41) is 0. The third-order valence-electron chi connectivity index (χ3n) is 2.15. The Bertz CT molecular complexity index is 586. The molecule has 0 aliphatic rings. The lowest BCUT2D eigenvalue weighted by molar-refractivity contribution is 1.08. The molecule has 0 saturated heterocycles. The molecule has 2 aromatic rings. The van der Waals surface area contributed by atoms with Gasteiger partial charge in [0.2, 0.25) is 0 Å². The normalized spacial score (nSPS) is 9.94. The first-order valence-corrected chi connectivity index (χ1v) is 5.47. The molecule has 2 rings (SSSR count). The van der Waals surface area contributed by atoms with E-state index in [9.17, 15) is 4.79 Å². The van der Waals surface area contributed by atoms with Gasteiger partial charge in [-0.15, -0.1) is 0 Å². The van der Waals surface area contributed by atoms with Crippen LogP contribution in [0.1, 0.15) is 5.56 Å². The van der Waals surface area contributed by atoms with Gasteiger partial charge in [0.1, 0.15) is 5.82 Å². The predicted molar refractivity (Wildman–Crippen MR) is 70.7 cm³/mol. The van der Waals surface area contributed by atoms with Crippen molar-refractivity contribution < 1.29 is 0 Å². The van der Waals surface area contributed by atoms with Crippen LogP contribution in [0.25, 0.3) is 0 Å². The van der Waals surface area contributed by atoms with Crippen molar-refractivity contribution in [2.24, 2.45) is 0 Å². The summed E-state index contributed by atoms with van der Waals surface area (Å²) in [5.74, 6) is 0.513. The number of aryl methyl sites for hydroxylation is 1. The monoisotopic (exact) mass is 248 g/mol. The van der Waals surface area contributed by atoms with E-state index in [0.29, 0.717) is 5.82 Å². The second kappa shape index (κ2) is 4.84. The van der Waals surface area contributed by atoms with Gasteiger partial charge in [0.05, 0.1) is 5.69 Å². The maximum Gasteiger partial charge on any atom is 0.253 e. The number of hydrogen-bond donors (Lipinski definition) is 4. The summed E-state index contributed by atoms with van der Waals surface area (Å²) in [5.41, 5.74) is 7.67. The second-order valence-electron chi connectivity index (χ2n) is 3.62. The van der Waals surface area contributed by atoms with Crippen LogP contribution >= 0.6 is 12.2 Å². The van der Waals surface area contributed by atoms with Gasteiger partial charge in [-0.1, -0.05) is 17.7 Å². The number of aromatic nitrogens is 2. The minimum Gasteiger partial charge on any atom is -0.317 e. The highest BCUT2D eigenvalue weighted by Crippen LogP contribution is 2.08. The molecular formula is C11H12N4OS. The van der Waals surface area contributed by atoms with Crippen molar-refractivity contribution in [3.63, 3.8) is 0 Å². The Hall–Kier alpha value is -2.08. The van der Waals surface area contributed by atoms with E-state index in [1.165, 1.54) is 11.6 Å². The van der Waals surface area contributed by atoms with Gasteiger partial charge >= 0.3 is 0 Å². The van der Waals surface area contributed by atoms with Crippen molar-refractivity contribution in [1.29, 1.82) is 0 Å². The first kappa shape index (κ1) is 11.4. The SMILES string of the molecule is Cc1ccc(NNc2cc(=O)[nH]c(=S)[nH]2)cc1. The summed E-state index contributed by atoms with van der Waals surface area (Å²) in [6.45, 7) is 2.02. The molecule has 6 heteroatoms. The van der Waals surface area contributed by atoms with Gasteiger partial charge in [0.15, 0.2) is 4.77 Å². The zero-order valence-corrected chi connectivity index (χ0v) is 10.0. The largest absolute Gasteiger partial charge is 0.317 e. The molecule has 0 fully saturated rings. The van der Waals surface area contributed by atoms with Crippen LogP contribution in [0, 0.1) is 11.7 Å². The molecule has 88 valence electrons. The van der Waals surface area contributed by atoms with Crippen molar-refractivity contribution in [1.82, 2.24) is 9.97 Å². The van der Waals surface area contributed by atoms with E-state index in [0.717, 1.165) is 5.69 Å².